The predicted octanol–water partition coefficient (Wildman–Crippen LogP) is 5.76. The van der Waals surface area contributed by atoms with Crippen LogP contribution in [-0.2, 0) is 24.4 Å². The Kier molecular flexibility index (Phi) is 9.99. The van der Waals surface area contributed by atoms with Crippen LogP contribution in [0.5, 0.6) is 5.75 Å². The number of benzene rings is 3. The lowest BCUT2D eigenvalue weighted by atomic mass is 9.99. The number of nitrogens with zero attached hydrogens (tertiary/aromatic N) is 3. The van der Waals surface area contributed by atoms with Crippen LogP contribution in [0, 0.1) is 5.92 Å². The normalized spacial score (nSPS) is 17.2. The second-order valence-corrected chi connectivity index (χ2v) is 12.2. The highest BCUT2D eigenvalue weighted by atomic mass is 19.4. The molecule has 4 amide bonds. The number of likely N-dealkylation sites (N-methyl/N-ethyl adjacent to an activating group) is 1. The van der Waals surface area contributed by atoms with E-state index in [0.29, 0.717) is 5.69 Å². The smallest absolute Gasteiger partial charge is 0.416 e. The van der Waals surface area contributed by atoms with E-state index in [1.807, 2.05) is 49.0 Å². The van der Waals surface area contributed by atoms with Gasteiger partial charge in [0, 0.05) is 55.0 Å². The summed E-state index contributed by atoms with van der Waals surface area (Å²) in [7, 11) is 3.45. The van der Waals surface area contributed by atoms with Crippen molar-refractivity contribution in [3.05, 3.63) is 89.6 Å². The van der Waals surface area contributed by atoms with Crippen LogP contribution in [0.2, 0.25) is 0 Å². The Morgan fingerprint density at radius 2 is 1.75 bits per heavy atom. The van der Waals surface area contributed by atoms with Gasteiger partial charge in [-0.05, 0) is 61.0 Å². The van der Waals surface area contributed by atoms with Gasteiger partial charge in [-0.3, -0.25) is 9.59 Å². The van der Waals surface area contributed by atoms with Crippen LogP contribution >= 0.6 is 0 Å². The Morgan fingerprint density at radius 3 is 2.44 bits per heavy atom. The predicted molar refractivity (Wildman–Crippen MR) is 176 cm³/mol. The van der Waals surface area contributed by atoms with Crippen molar-refractivity contribution in [2.45, 2.75) is 38.6 Å². The molecule has 0 fully saturated rings. The number of carbonyl (C=O) groups excluding carboxylic acids is 3. The maximum absolute atomic E-state index is 13.8. The molecule has 3 N–H and O–H groups in total. The van der Waals surface area contributed by atoms with Crippen molar-refractivity contribution in [3.8, 4) is 5.75 Å². The number of hydrogen-bond donors (Lipinski definition) is 3. The molecule has 13 heteroatoms. The summed E-state index contributed by atoms with van der Waals surface area (Å²) in [6.07, 6.45) is -3.07. The number of aromatic nitrogens is 1. The molecule has 0 spiro atoms. The fraction of sp³-hybridized carbons (Fsp3) is 0.343. The van der Waals surface area contributed by atoms with E-state index in [1.54, 1.807) is 30.0 Å². The van der Waals surface area contributed by atoms with Gasteiger partial charge in [0.2, 0.25) is 5.91 Å². The Bertz CT molecular complexity index is 1810. The molecule has 1 aromatic heterocycles. The van der Waals surface area contributed by atoms with E-state index in [2.05, 4.69) is 10.6 Å². The van der Waals surface area contributed by atoms with Crippen LogP contribution in [0.15, 0.2) is 72.9 Å². The molecular weight excluding hydrogens is 627 g/mol. The number of para-hydroxylation sites is 1. The number of alkyl halides is 3. The number of hydrogen-bond acceptors (Lipinski definition) is 5. The van der Waals surface area contributed by atoms with E-state index >= 15 is 0 Å². The minimum atomic E-state index is -4.49. The average Bonchev–Trinajstić information content (AvgIpc) is 3.36. The second kappa shape index (κ2) is 14.0. The van der Waals surface area contributed by atoms with Gasteiger partial charge in [0.15, 0.2) is 0 Å². The monoisotopic (exact) mass is 665 g/mol. The van der Waals surface area contributed by atoms with E-state index in [4.69, 9.17) is 4.74 Å². The summed E-state index contributed by atoms with van der Waals surface area (Å²) < 4.78 is 47.1. The molecule has 0 unspecified atom stereocenters. The number of amides is 4. The van der Waals surface area contributed by atoms with Gasteiger partial charge in [-0.2, -0.15) is 13.2 Å². The molecule has 0 radical (unpaired) electrons. The number of aliphatic hydroxyl groups is 1. The summed E-state index contributed by atoms with van der Waals surface area (Å²) >= 11 is 0. The van der Waals surface area contributed by atoms with Crippen LogP contribution in [-0.4, -0.2) is 76.2 Å². The first kappa shape index (κ1) is 34.3. The molecule has 5 rings (SSSR count). The summed E-state index contributed by atoms with van der Waals surface area (Å²) in [5, 5.41) is 16.4. The molecule has 48 heavy (non-hydrogen) atoms. The number of fused-ring (bicyclic) bond motifs is 2. The van der Waals surface area contributed by atoms with E-state index in [1.165, 1.54) is 24.1 Å². The number of ether oxygens (including phenoxy) is 1. The topological polar surface area (TPSA) is 116 Å². The number of aryl methyl sites for hydroxylation is 1. The minimum Gasteiger partial charge on any atom is -0.487 e. The number of carbonyl (C=O) groups is 3. The van der Waals surface area contributed by atoms with Crippen LogP contribution in [0.3, 0.4) is 0 Å². The molecule has 1 aliphatic rings. The van der Waals surface area contributed by atoms with Crippen molar-refractivity contribution in [3.63, 3.8) is 0 Å². The first-order valence-corrected chi connectivity index (χ1v) is 15.5. The first-order chi connectivity index (χ1) is 22.7. The molecule has 3 atom stereocenters. The zero-order chi connectivity index (χ0) is 34.7. The van der Waals surface area contributed by atoms with Crippen LogP contribution in [0.1, 0.15) is 35.3 Å². The lowest BCUT2D eigenvalue weighted by Crippen LogP contribution is -2.50. The third-order valence-electron chi connectivity index (χ3n) is 8.54. The van der Waals surface area contributed by atoms with Gasteiger partial charge in [0.1, 0.15) is 11.9 Å². The van der Waals surface area contributed by atoms with Crippen molar-refractivity contribution >= 4 is 40.1 Å². The summed E-state index contributed by atoms with van der Waals surface area (Å²) in [6.45, 7) is 3.59. The number of nitrogens with one attached hydrogen (secondary N) is 2. The Hall–Kier alpha value is -5.04. The molecule has 0 bridgehead atoms. The molecule has 254 valence electrons. The van der Waals surface area contributed by atoms with Gasteiger partial charge < -0.3 is 34.8 Å². The zero-order valence-electron chi connectivity index (χ0n) is 27.0. The highest BCUT2D eigenvalue weighted by Crippen LogP contribution is 2.32. The highest BCUT2D eigenvalue weighted by molar-refractivity contribution is 6.01. The average molecular weight is 666 g/mol. The standard InChI is InChI=1S/C35H38F3N5O5/c1-21-17-43(22(2)20-44)33(46)28-16-26(39-32(45)15-23-18-41(3)29-8-6-5-7-27(23)29)13-14-30(28)48-31(21)19-42(4)34(47)40-25-11-9-24(10-12-25)35(36,37)38/h5-14,16,18,21-22,31,44H,15,17,19-20H2,1-4H3,(H,39,45)(H,40,47)/t21-,22+,31-/m1/s1. The first-order valence-electron chi connectivity index (χ1n) is 15.5. The quantitative estimate of drug-likeness (QED) is 0.221. The Balaban J connectivity index is 1.34. The van der Waals surface area contributed by atoms with Crippen molar-refractivity contribution in [1.29, 1.82) is 0 Å². The lowest BCUT2D eigenvalue weighted by Gasteiger charge is -2.38. The fourth-order valence-electron chi connectivity index (χ4n) is 5.78. The third-order valence-corrected chi connectivity index (χ3v) is 8.54. The molecule has 0 saturated carbocycles. The van der Waals surface area contributed by atoms with E-state index in [-0.39, 0.29) is 60.8 Å². The molecule has 0 aliphatic carbocycles. The zero-order valence-corrected chi connectivity index (χ0v) is 27.0. The summed E-state index contributed by atoms with van der Waals surface area (Å²) in [5.41, 5.74) is 1.82. The fourth-order valence-corrected chi connectivity index (χ4v) is 5.78. The van der Waals surface area contributed by atoms with Crippen LogP contribution in [0.25, 0.3) is 10.9 Å². The van der Waals surface area contributed by atoms with E-state index in [0.717, 1.165) is 28.6 Å². The summed E-state index contributed by atoms with van der Waals surface area (Å²) in [6, 6.07) is 15.6. The Morgan fingerprint density at radius 1 is 1.06 bits per heavy atom. The maximum Gasteiger partial charge on any atom is 0.416 e. The Labute approximate surface area is 276 Å². The van der Waals surface area contributed by atoms with Crippen molar-refractivity contribution in [1.82, 2.24) is 14.4 Å². The third kappa shape index (κ3) is 7.57. The van der Waals surface area contributed by atoms with Crippen molar-refractivity contribution in [2.24, 2.45) is 13.0 Å². The van der Waals surface area contributed by atoms with Gasteiger partial charge in [-0.1, -0.05) is 25.1 Å². The van der Waals surface area contributed by atoms with Crippen molar-refractivity contribution < 1.29 is 37.4 Å². The summed E-state index contributed by atoms with van der Waals surface area (Å²) in [4.78, 5) is 42.8. The second-order valence-electron chi connectivity index (χ2n) is 12.2. The van der Waals surface area contributed by atoms with E-state index in [9.17, 15) is 32.7 Å². The van der Waals surface area contributed by atoms with Crippen LogP contribution in [0.4, 0.5) is 29.3 Å². The largest absolute Gasteiger partial charge is 0.487 e. The minimum absolute atomic E-state index is 0.0755. The van der Waals surface area contributed by atoms with Gasteiger partial charge >= 0.3 is 12.2 Å². The van der Waals surface area contributed by atoms with Gasteiger partial charge in [0.25, 0.3) is 5.91 Å². The maximum atomic E-state index is 13.8. The summed E-state index contributed by atoms with van der Waals surface area (Å²) in [5.74, 6) is -0.693. The highest BCUT2D eigenvalue weighted by Gasteiger charge is 2.34. The lowest BCUT2D eigenvalue weighted by molar-refractivity contribution is -0.137. The molecular formula is C35H38F3N5O5. The molecule has 3 aromatic carbocycles. The molecule has 4 aromatic rings. The van der Waals surface area contributed by atoms with Gasteiger partial charge in [-0.25, -0.2) is 4.79 Å². The van der Waals surface area contributed by atoms with Crippen molar-refractivity contribution in [2.75, 3.05) is 37.4 Å². The van der Waals surface area contributed by atoms with Gasteiger partial charge in [-0.15, -0.1) is 0 Å². The SMILES string of the molecule is C[C@@H]1CN([C@@H](C)CO)C(=O)c2cc(NC(=O)Cc3cn(C)c4ccccc34)ccc2O[C@@H]1CN(C)C(=O)Nc1ccc(C(F)(F)F)cc1. The number of anilines is 2. The number of halogens is 3. The molecule has 0 saturated heterocycles. The number of rotatable bonds is 8. The molecule has 1 aliphatic heterocycles. The molecule has 2 heterocycles. The number of urea groups is 1. The number of aliphatic hydroxyl groups excluding tert-OH is 1. The van der Waals surface area contributed by atoms with Gasteiger partial charge in [0.05, 0.1) is 36.7 Å². The van der Waals surface area contributed by atoms with Crippen LogP contribution < -0.4 is 15.4 Å². The van der Waals surface area contributed by atoms with E-state index < -0.39 is 29.9 Å². The molecule has 10 nitrogen and oxygen atoms in total.